The first-order valence-corrected chi connectivity index (χ1v) is 7.25. The Balaban J connectivity index is 1.90. The van der Waals surface area contributed by atoms with E-state index in [4.69, 9.17) is 10.5 Å². The molecule has 1 aliphatic heterocycles. The zero-order valence-electron chi connectivity index (χ0n) is 12.2. The molecule has 1 aliphatic rings. The van der Waals surface area contributed by atoms with Gasteiger partial charge in [0.2, 0.25) is 0 Å². The van der Waals surface area contributed by atoms with Crippen molar-refractivity contribution in [3.63, 3.8) is 0 Å². The molecule has 6 nitrogen and oxygen atoms in total. The maximum absolute atomic E-state index is 12.3. The van der Waals surface area contributed by atoms with Crippen LogP contribution in [0, 0.1) is 0 Å². The topological polar surface area (TPSA) is 75.1 Å². The van der Waals surface area contributed by atoms with E-state index in [9.17, 15) is 4.79 Å². The van der Waals surface area contributed by atoms with E-state index in [1.807, 2.05) is 18.2 Å². The Morgan fingerprint density at radius 1 is 1.38 bits per heavy atom. The van der Waals surface area contributed by atoms with Gasteiger partial charge in [-0.15, -0.1) is 0 Å². The summed E-state index contributed by atoms with van der Waals surface area (Å²) in [5.41, 5.74) is 7.59. The molecule has 1 aromatic carbocycles. The highest BCUT2D eigenvalue weighted by atomic mass is 16.5. The molecule has 3 rings (SSSR count). The van der Waals surface area contributed by atoms with Gasteiger partial charge in [-0.05, 0) is 24.5 Å². The summed E-state index contributed by atoms with van der Waals surface area (Å²) in [5, 5.41) is 4.45. The lowest BCUT2D eigenvalue weighted by Gasteiger charge is -2.09. The third kappa shape index (κ3) is 2.58. The number of nitrogens with zero attached hydrogens (tertiary/aromatic N) is 3. The molecule has 2 aromatic rings. The molecular weight excluding hydrogens is 268 g/mol. The molecule has 6 heteroatoms. The first-order valence-electron chi connectivity index (χ1n) is 7.25. The van der Waals surface area contributed by atoms with Crippen molar-refractivity contribution < 1.29 is 4.74 Å². The van der Waals surface area contributed by atoms with E-state index in [1.165, 1.54) is 4.68 Å². The fourth-order valence-electron chi connectivity index (χ4n) is 2.78. The third-order valence-corrected chi connectivity index (χ3v) is 3.94. The van der Waals surface area contributed by atoms with Crippen LogP contribution in [0.1, 0.15) is 29.8 Å². The molecule has 0 saturated heterocycles. The number of hydrogen-bond acceptors (Lipinski definition) is 4. The molecule has 0 aliphatic carbocycles. The van der Waals surface area contributed by atoms with Crippen LogP contribution in [0.3, 0.4) is 0 Å². The number of rotatable bonds is 4. The number of methoxy groups -OCH3 is 1. The van der Waals surface area contributed by atoms with Gasteiger partial charge in [-0.2, -0.15) is 5.10 Å². The largest absolute Gasteiger partial charge is 0.496 e. The predicted molar refractivity (Wildman–Crippen MR) is 79.4 cm³/mol. The summed E-state index contributed by atoms with van der Waals surface area (Å²) in [5.74, 6) is 1.66. The van der Waals surface area contributed by atoms with E-state index < -0.39 is 0 Å². The molecule has 0 bridgehead atoms. The van der Waals surface area contributed by atoms with E-state index in [0.29, 0.717) is 13.1 Å². The summed E-state index contributed by atoms with van der Waals surface area (Å²) in [4.78, 5) is 12.3. The van der Waals surface area contributed by atoms with Crippen molar-refractivity contribution in [3.8, 4) is 5.75 Å². The summed E-state index contributed by atoms with van der Waals surface area (Å²) in [6, 6.07) is 5.83. The Labute approximate surface area is 123 Å². The molecule has 0 spiro atoms. The molecule has 2 heterocycles. The molecule has 0 atom stereocenters. The number of fused-ring (bicyclic) bond motifs is 1. The monoisotopic (exact) mass is 288 g/mol. The summed E-state index contributed by atoms with van der Waals surface area (Å²) in [7, 11) is 1.62. The average molecular weight is 288 g/mol. The van der Waals surface area contributed by atoms with Crippen LogP contribution in [-0.2, 0) is 26.1 Å². The van der Waals surface area contributed by atoms with Crippen LogP contribution in [0.2, 0.25) is 0 Å². The minimum absolute atomic E-state index is 0.0217. The smallest absolute Gasteiger partial charge is 0.346 e. The van der Waals surface area contributed by atoms with Gasteiger partial charge in [0.05, 0.1) is 13.7 Å². The van der Waals surface area contributed by atoms with Crippen LogP contribution in [0.4, 0.5) is 0 Å². The Hall–Kier alpha value is -2.08. The minimum atomic E-state index is -0.0217. The molecule has 0 saturated carbocycles. The molecule has 0 unspecified atom stereocenters. The van der Waals surface area contributed by atoms with Crippen LogP contribution in [0.15, 0.2) is 23.0 Å². The molecule has 1 aromatic heterocycles. The van der Waals surface area contributed by atoms with Crippen molar-refractivity contribution in [2.45, 2.75) is 38.9 Å². The Kier molecular flexibility index (Phi) is 3.79. The van der Waals surface area contributed by atoms with E-state index in [2.05, 4.69) is 5.10 Å². The standard InChI is InChI=1S/C15H20N4O2/c1-21-13-8-11(5-6-12(13)9-16)10-19-15(20)18-7-3-2-4-14(18)17-19/h5-6,8H,2-4,7,9-10,16H2,1H3. The number of nitrogens with two attached hydrogens (primary N) is 1. The number of ether oxygens (including phenoxy) is 1. The molecule has 2 N–H and O–H groups in total. The van der Waals surface area contributed by atoms with Gasteiger partial charge in [-0.3, -0.25) is 4.57 Å². The van der Waals surface area contributed by atoms with Crippen molar-refractivity contribution >= 4 is 0 Å². The van der Waals surface area contributed by atoms with Gasteiger partial charge >= 0.3 is 5.69 Å². The van der Waals surface area contributed by atoms with Gasteiger partial charge in [-0.25, -0.2) is 9.48 Å². The zero-order valence-corrected chi connectivity index (χ0v) is 12.2. The van der Waals surface area contributed by atoms with Gasteiger partial charge in [0.15, 0.2) is 0 Å². The summed E-state index contributed by atoms with van der Waals surface area (Å²) < 4.78 is 8.66. The minimum Gasteiger partial charge on any atom is -0.496 e. The summed E-state index contributed by atoms with van der Waals surface area (Å²) in [6.45, 7) is 1.67. The van der Waals surface area contributed by atoms with Crippen molar-refractivity contribution in [3.05, 3.63) is 45.6 Å². The normalized spacial score (nSPS) is 14.0. The molecular formula is C15H20N4O2. The molecule has 0 fully saturated rings. The Morgan fingerprint density at radius 3 is 2.95 bits per heavy atom. The SMILES string of the molecule is COc1cc(Cn2nc3n(c2=O)CCCC3)ccc1CN. The van der Waals surface area contributed by atoms with Gasteiger partial charge in [0.25, 0.3) is 0 Å². The summed E-state index contributed by atoms with van der Waals surface area (Å²) >= 11 is 0. The number of aromatic nitrogens is 3. The third-order valence-electron chi connectivity index (χ3n) is 3.94. The zero-order chi connectivity index (χ0) is 14.8. The molecule has 0 amide bonds. The quantitative estimate of drug-likeness (QED) is 0.907. The number of hydrogen-bond donors (Lipinski definition) is 1. The van der Waals surface area contributed by atoms with Crippen LogP contribution < -0.4 is 16.2 Å². The van der Waals surface area contributed by atoms with Gasteiger partial charge < -0.3 is 10.5 Å². The average Bonchev–Trinajstić information content (AvgIpc) is 2.84. The second-order valence-electron chi connectivity index (χ2n) is 5.32. The van der Waals surface area contributed by atoms with E-state index in [1.54, 1.807) is 11.7 Å². The predicted octanol–water partition coefficient (Wildman–Crippen LogP) is 0.897. The van der Waals surface area contributed by atoms with Crippen LogP contribution in [0.25, 0.3) is 0 Å². The van der Waals surface area contributed by atoms with Gasteiger partial charge in [0.1, 0.15) is 11.6 Å². The second kappa shape index (κ2) is 5.73. The van der Waals surface area contributed by atoms with E-state index in [0.717, 1.165) is 48.5 Å². The second-order valence-corrected chi connectivity index (χ2v) is 5.32. The van der Waals surface area contributed by atoms with E-state index >= 15 is 0 Å². The van der Waals surface area contributed by atoms with Crippen LogP contribution in [-0.4, -0.2) is 21.5 Å². The Morgan fingerprint density at radius 2 is 2.24 bits per heavy atom. The Bertz CT molecular complexity index is 702. The van der Waals surface area contributed by atoms with E-state index in [-0.39, 0.29) is 5.69 Å². The lowest BCUT2D eigenvalue weighted by molar-refractivity contribution is 0.409. The van der Waals surface area contributed by atoms with Crippen molar-refractivity contribution in [2.24, 2.45) is 5.73 Å². The number of aryl methyl sites for hydroxylation is 1. The highest BCUT2D eigenvalue weighted by molar-refractivity contribution is 5.37. The fraction of sp³-hybridized carbons (Fsp3) is 0.467. The van der Waals surface area contributed by atoms with Crippen molar-refractivity contribution in [1.29, 1.82) is 0 Å². The highest BCUT2D eigenvalue weighted by Gasteiger charge is 2.16. The highest BCUT2D eigenvalue weighted by Crippen LogP contribution is 2.20. The lowest BCUT2D eigenvalue weighted by Crippen LogP contribution is -2.27. The molecule has 112 valence electrons. The maximum atomic E-state index is 12.3. The first kappa shape index (κ1) is 13.9. The molecule has 0 radical (unpaired) electrons. The molecule has 21 heavy (non-hydrogen) atoms. The van der Waals surface area contributed by atoms with Crippen molar-refractivity contribution in [1.82, 2.24) is 14.3 Å². The maximum Gasteiger partial charge on any atom is 0.346 e. The van der Waals surface area contributed by atoms with Gasteiger partial charge in [0, 0.05) is 25.1 Å². The van der Waals surface area contributed by atoms with Crippen LogP contribution >= 0.6 is 0 Å². The lowest BCUT2D eigenvalue weighted by atomic mass is 10.1. The first-order chi connectivity index (χ1) is 10.2. The summed E-state index contributed by atoms with van der Waals surface area (Å²) in [6.07, 6.45) is 3.05. The van der Waals surface area contributed by atoms with Gasteiger partial charge in [-0.1, -0.05) is 12.1 Å². The number of benzene rings is 1. The van der Waals surface area contributed by atoms with Crippen molar-refractivity contribution in [2.75, 3.05) is 7.11 Å². The fourth-order valence-corrected chi connectivity index (χ4v) is 2.78. The van der Waals surface area contributed by atoms with Crippen LogP contribution in [0.5, 0.6) is 5.75 Å².